The lowest BCUT2D eigenvalue weighted by molar-refractivity contribution is 0.0654. The molecule has 1 fully saturated rings. The summed E-state index contributed by atoms with van der Waals surface area (Å²) in [6, 6.07) is 0.448. The van der Waals surface area contributed by atoms with Gasteiger partial charge in [0.05, 0.1) is 6.04 Å². The number of rotatable bonds is 2. The van der Waals surface area contributed by atoms with E-state index < -0.39 is 0 Å². The van der Waals surface area contributed by atoms with E-state index in [2.05, 4.69) is 65.3 Å². The van der Waals surface area contributed by atoms with Gasteiger partial charge >= 0.3 is 0 Å². The molecule has 5 heteroatoms. The van der Waals surface area contributed by atoms with Crippen LogP contribution in [0.2, 0.25) is 0 Å². The highest BCUT2D eigenvalue weighted by atomic mass is 127. The SMILES string of the molecule is CC1(C)CC(n2nnc(CN)c2I)CC(C)(C)C1. The summed E-state index contributed by atoms with van der Waals surface area (Å²) in [5.41, 5.74) is 7.32. The maximum absolute atomic E-state index is 5.68. The second-order valence-electron chi connectivity index (χ2n) is 7.04. The highest BCUT2D eigenvalue weighted by molar-refractivity contribution is 14.1. The van der Waals surface area contributed by atoms with Gasteiger partial charge in [0.1, 0.15) is 9.39 Å². The van der Waals surface area contributed by atoms with Gasteiger partial charge in [-0.25, -0.2) is 4.68 Å². The minimum absolute atomic E-state index is 0.365. The molecular formula is C13H23IN4. The fraction of sp³-hybridized carbons (Fsp3) is 0.846. The van der Waals surface area contributed by atoms with E-state index in [1.165, 1.54) is 19.3 Å². The zero-order valence-corrected chi connectivity index (χ0v) is 13.9. The standard InChI is InChI=1S/C13H23IN4/c1-12(2)5-9(6-13(3,4)8-12)18-11(14)10(7-15)16-17-18/h9H,5-8,15H2,1-4H3. The lowest BCUT2D eigenvalue weighted by Gasteiger charge is -2.44. The lowest BCUT2D eigenvalue weighted by Crippen LogP contribution is -2.35. The molecule has 0 amide bonds. The molecule has 0 aromatic carbocycles. The summed E-state index contributed by atoms with van der Waals surface area (Å²) in [6.07, 6.45) is 3.60. The Morgan fingerprint density at radius 1 is 1.28 bits per heavy atom. The first-order valence-corrected chi connectivity index (χ1v) is 7.62. The fourth-order valence-corrected chi connectivity index (χ4v) is 4.45. The second-order valence-corrected chi connectivity index (χ2v) is 8.06. The molecule has 0 aliphatic heterocycles. The van der Waals surface area contributed by atoms with Crippen LogP contribution >= 0.6 is 22.6 Å². The van der Waals surface area contributed by atoms with E-state index >= 15 is 0 Å². The molecule has 1 aliphatic carbocycles. The van der Waals surface area contributed by atoms with Crippen LogP contribution in [0.1, 0.15) is 58.7 Å². The maximum atomic E-state index is 5.68. The Hall–Kier alpha value is -0.170. The average molecular weight is 362 g/mol. The Kier molecular flexibility index (Phi) is 3.75. The van der Waals surface area contributed by atoms with Gasteiger partial charge in [0, 0.05) is 6.54 Å². The van der Waals surface area contributed by atoms with Gasteiger partial charge in [-0.3, -0.25) is 0 Å². The molecule has 1 heterocycles. The first-order chi connectivity index (χ1) is 8.24. The van der Waals surface area contributed by atoms with E-state index in [-0.39, 0.29) is 0 Å². The zero-order valence-electron chi connectivity index (χ0n) is 11.7. The molecule has 1 aromatic rings. The Morgan fingerprint density at radius 3 is 2.28 bits per heavy atom. The van der Waals surface area contributed by atoms with Crippen molar-refractivity contribution in [2.45, 2.75) is 59.5 Å². The van der Waals surface area contributed by atoms with Gasteiger partial charge in [0.2, 0.25) is 0 Å². The van der Waals surface area contributed by atoms with Gasteiger partial charge < -0.3 is 5.73 Å². The quantitative estimate of drug-likeness (QED) is 0.823. The number of aromatic nitrogens is 3. The molecule has 1 saturated carbocycles. The summed E-state index contributed by atoms with van der Waals surface area (Å²) in [5, 5.41) is 8.51. The highest BCUT2D eigenvalue weighted by Crippen LogP contribution is 2.50. The smallest absolute Gasteiger partial charge is 0.124 e. The van der Waals surface area contributed by atoms with Crippen LogP contribution < -0.4 is 5.73 Å². The van der Waals surface area contributed by atoms with Crippen LogP contribution in [0, 0.1) is 14.5 Å². The molecule has 102 valence electrons. The van der Waals surface area contributed by atoms with Crippen molar-refractivity contribution < 1.29 is 0 Å². The third-order valence-electron chi connectivity index (χ3n) is 3.77. The molecule has 0 saturated heterocycles. The highest BCUT2D eigenvalue weighted by Gasteiger charge is 2.40. The van der Waals surface area contributed by atoms with Crippen molar-refractivity contribution in [3.05, 3.63) is 9.39 Å². The van der Waals surface area contributed by atoms with E-state index in [4.69, 9.17) is 5.73 Å². The van der Waals surface area contributed by atoms with Crippen LogP contribution in [0.25, 0.3) is 0 Å². The maximum Gasteiger partial charge on any atom is 0.124 e. The molecule has 1 aliphatic rings. The number of nitrogens with zero attached hydrogens (tertiary/aromatic N) is 3. The molecule has 18 heavy (non-hydrogen) atoms. The summed E-state index contributed by atoms with van der Waals surface area (Å²) >= 11 is 2.32. The summed E-state index contributed by atoms with van der Waals surface area (Å²) < 4.78 is 3.19. The molecule has 2 N–H and O–H groups in total. The molecule has 2 rings (SSSR count). The van der Waals surface area contributed by atoms with Crippen molar-refractivity contribution in [1.29, 1.82) is 0 Å². The Bertz CT molecular complexity index is 420. The monoisotopic (exact) mass is 362 g/mol. The van der Waals surface area contributed by atoms with Crippen LogP contribution in [0.3, 0.4) is 0 Å². The van der Waals surface area contributed by atoms with Crippen molar-refractivity contribution in [2.75, 3.05) is 0 Å². The van der Waals surface area contributed by atoms with E-state index in [1.54, 1.807) is 0 Å². The van der Waals surface area contributed by atoms with E-state index in [0.29, 0.717) is 23.4 Å². The van der Waals surface area contributed by atoms with Crippen molar-refractivity contribution >= 4 is 22.6 Å². The first kappa shape index (κ1) is 14.2. The van der Waals surface area contributed by atoms with Crippen molar-refractivity contribution in [3.63, 3.8) is 0 Å². The summed E-state index contributed by atoms with van der Waals surface area (Å²) in [6.45, 7) is 9.89. The predicted octanol–water partition coefficient (Wildman–Crippen LogP) is 3.12. The van der Waals surface area contributed by atoms with Crippen molar-refractivity contribution in [2.24, 2.45) is 16.6 Å². The third kappa shape index (κ3) is 2.87. The van der Waals surface area contributed by atoms with E-state index in [0.717, 1.165) is 9.39 Å². The van der Waals surface area contributed by atoms with Gasteiger partial charge in [-0.15, -0.1) is 5.10 Å². The molecule has 0 atom stereocenters. The Labute approximate surface area is 123 Å². The number of halogens is 1. The number of nitrogens with two attached hydrogens (primary N) is 1. The number of hydrogen-bond acceptors (Lipinski definition) is 3. The molecule has 0 unspecified atom stereocenters. The molecule has 4 nitrogen and oxygen atoms in total. The van der Waals surface area contributed by atoms with Crippen LogP contribution in [0.15, 0.2) is 0 Å². The molecule has 0 spiro atoms. The summed E-state index contributed by atoms with van der Waals surface area (Å²) in [4.78, 5) is 0. The molecular weight excluding hydrogens is 339 g/mol. The van der Waals surface area contributed by atoms with E-state index in [1.807, 2.05) is 0 Å². The predicted molar refractivity (Wildman–Crippen MR) is 81.1 cm³/mol. The Morgan fingerprint density at radius 2 is 1.83 bits per heavy atom. The summed E-state index contributed by atoms with van der Waals surface area (Å²) in [5.74, 6) is 0. The number of hydrogen-bond donors (Lipinski definition) is 1. The molecule has 0 bridgehead atoms. The van der Waals surface area contributed by atoms with Gasteiger partial charge in [-0.05, 0) is 52.7 Å². The minimum Gasteiger partial charge on any atom is -0.325 e. The van der Waals surface area contributed by atoms with Crippen molar-refractivity contribution in [1.82, 2.24) is 15.0 Å². The second kappa shape index (κ2) is 4.74. The van der Waals surface area contributed by atoms with Crippen molar-refractivity contribution in [3.8, 4) is 0 Å². The average Bonchev–Trinajstić information content (AvgIpc) is 2.54. The molecule has 0 radical (unpaired) electrons. The van der Waals surface area contributed by atoms with Crippen LogP contribution in [-0.2, 0) is 6.54 Å². The molecule has 1 aromatic heterocycles. The van der Waals surface area contributed by atoms with Gasteiger partial charge in [0.15, 0.2) is 0 Å². The third-order valence-corrected chi connectivity index (χ3v) is 4.89. The Balaban J connectivity index is 2.29. The zero-order chi connectivity index (χ0) is 13.6. The topological polar surface area (TPSA) is 56.7 Å². The largest absolute Gasteiger partial charge is 0.325 e. The fourth-order valence-electron chi connectivity index (χ4n) is 3.63. The van der Waals surface area contributed by atoms with Crippen LogP contribution in [0.5, 0.6) is 0 Å². The lowest BCUT2D eigenvalue weighted by atomic mass is 9.63. The minimum atomic E-state index is 0.365. The first-order valence-electron chi connectivity index (χ1n) is 6.54. The van der Waals surface area contributed by atoms with E-state index in [9.17, 15) is 0 Å². The van der Waals surface area contributed by atoms with Gasteiger partial charge in [-0.2, -0.15) is 0 Å². The summed E-state index contributed by atoms with van der Waals surface area (Å²) in [7, 11) is 0. The van der Waals surface area contributed by atoms with Crippen LogP contribution in [-0.4, -0.2) is 15.0 Å². The van der Waals surface area contributed by atoms with Gasteiger partial charge in [-0.1, -0.05) is 32.9 Å². The van der Waals surface area contributed by atoms with Crippen LogP contribution in [0.4, 0.5) is 0 Å². The van der Waals surface area contributed by atoms with Gasteiger partial charge in [0.25, 0.3) is 0 Å². The normalized spacial score (nSPS) is 23.2.